The zero-order chi connectivity index (χ0) is 24.2. The van der Waals surface area contributed by atoms with Gasteiger partial charge >= 0.3 is 0 Å². The number of methoxy groups -OCH3 is 1. The van der Waals surface area contributed by atoms with Gasteiger partial charge in [-0.3, -0.25) is 0 Å². The van der Waals surface area contributed by atoms with Gasteiger partial charge in [-0.1, -0.05) is 36.4 Å². The lowest BCUT2D eigenvalue weighted by Gasteiger charge is -2.11. The van der Waals surface area contributed by atoms with Crippen LogP contribution >= 0.6 is 0 Å². The summed E-state index contributed by atoms with van der Waals surface area (Å²) in [6.45, 7) is 0.505. The van der Waals surface area contributed by atoms with E-state index in [1.165, 1.54) is 12.1 Å². The number of halogens is 4. The molecule has 0 radical (unpaired) electrons. The Morgan fingerprint density at radius 1 is 0.765 bits per heavy atom. The number of hydrogen-bond acceptors (Lipinski definition) is 2. The second-order valence-electron chi connectivity index (χ2n) is 8.08. The number of ether oxygens (including phenoxy) is 1. The minimum atomic E-state index is -0.928. The molecule has 0 fully saturated rings. The summed E-state index contributed by atoms with van der Waals surface area (Å²) in [6, 6.07) is 17.1. The van der Waals surface area contributed by atoms with E-state index >= 15 is 4.39 Å². The molecule has 2 nitrogen and oxygen atoms in total. The van der Waals surface area contributed by atoms with Crippen LogP contribution in [0.15, 0.2) is 60.7 Å². The van der Waals surface area contributed by atoms with Crippen molar-refractivity contribution in [3.05, 3.63) is 106 Å². The molecule has 0 N–H and O–H groups in total. The van der Waals surface area contributed by atoms with Gasteiger partial charge in [0.15, 0.2) is 0 Å². The monoisotopic (exact) mass is 463 g/mol. The SMILES string of the molecule is COCCc1ccc(-c2ccc3c(F)c(CCc4cc(F)c(C#N)c(F)c4)ccc3c2)c(F)c1. The third-order valence-corrected chi connectivity index (χ3v) is 5.87. The maximum atomic E-state index is 15.2. The van der Waals surface area contributed by atoms with Crippen LogP contribution in [0.3, 0.4) is 0 Å². The molecule has 0 aliphatic carbocycles. The summed E-state index contributed by atoms with van der Waals surface area (Å²) in [5, 5.41) is 9.79. The van der Waals surface area contributed by atoms with Crippen LogP contribution in [0, 0.1) is 34.6 Å². The van der Waals surface area contributed by atoms with Crippen molar-refractivity contribution in [2.45, 2.75) is 19.3 Å². The fourth-order valence-electron chi connectivity index (χ4n) is 4.02. The van der Waals surface area contributed by atoms with Crippen LogP contribution in [0.1, 0.15) is 22.3 Å². The summed E-state index contributed by atoms with van der Waals surface area (Å²) in [5.41, 5.74) is 2.02. The van der Waals surface area contributed by atoms with Crippen molar-refractivity contribution in [3.63, 3.8) is 0 Å². The highest BCUT2D eigenvalue weighted by Gasteiger charge is 2.14. The Hall–Kier alpha value is -3.69. The smallest absolute Gasteiger partial charge is 0.144 e. The standard InChI is InChI=1S/C28H21F4NO/c1-34-11-10-17-3-8-22(25(29)12-17)20-7-9-23-21(15-20)6-5-19(28(23)32)4-2-18-13-26(30)24(16-33)27(31)14-18/h3,5-9,12-15H,2,4,10-11H2,1H3. The molecular weight excluding hydrogens is 442 g/mol. The summed E-state index contributed by atoms with van der Waals surface area (Å²) < 4.78 is 62.5. The number of nitriles is 1. The fourth-order valence-corrected chi connectivity index (χ4v) is 4.02. The molecule has 0 unspecified atom stereocenters. The minimum absolute atomic E-state index is 0.209. The van der Waals surface area contributed by atoms with E-state index in [0.29, 0.717) is 46.1 Å². The Labute approximate surface area is 195 Å². The number of hydrogen-bond donors (Lipinski definition) is 0. The van der Waals surface area contributed by atoms with E-state index in [4.69, 9.17) is 10.00 Å². The number of aryl methyl sites for hydroxylation is 2. The van der Waals surface area contributed by atoms with Gasteiger partial charge in [-0.15, -0.1) is 0 Å². The van der Waals surface area contributed by atoms with Crippen molar-refractivity contribution in [2.24, 2.45) is 0 Å². The van der Waals surface area contributed by atoms with Crippen LogP contribution < -0.4 is 0 Å². The lowest BCUT2D eigenvalue weighted by atomic mass is 9.96. The van der Waals surface area contributed by atoms with Crippen molar-refractivity contribution in [1.82, 2.24) is 0 Å². The topological polar surface area (TPSA) is 33.0 Å². The van der Waals surface area contributed by atoms with E-state index in [1.54, 1.807) is 43.5 Å². The highest BCUT2D eigenvalue weighted by molar-refractivity contribution is 5.88. The maximum absolute atomic E-state index is 15.2. The highest BCUT2D eigenvalue weighted by Crippen LogP contribution is 2.30. The Morgan fingerprint density at radius 3 is 2.18 bits per heavy atom. The molecule has 0 heterocycles. The van der Waals surface area contributed by atoms with Crippen molar-refractivity contribution in [1.29, 1.82) is 5.26 Å². The molecule has 0 bridgehead atoms. The third kappa shape index (κ3) is 4.80. The van der Waals surface area contributed by atoms with Gasteiger partial charge in [0.1, 0.15) is 34.9 Å². The summed E-state index contributed by atoms with van der Waals surface area (Å²) in [6.07, 6.45) is 1.05. The minimum Gasteiger partial charge on any atom is -0.384 e. The number of rotatable bonds is 7. The number of nitrogens with zero attached hydrogens (tertiary/aromatic N) is 1. The molecule has 4 rings (SSSR count). The highest BCUT2D eigenvalue weighted by atomic mass is 19.1. The second kappa shape index (κ2) is 10.1. The molecule has 4 aromatic carbocycles. The van der Waals surface area contributed by atoms with Crippen LogP contribution in [-0.2, 0) is 24.0 Å². The van der Waals surface area contributed by atoms with Gasteiger partial charge in [-0.05, 0) is 71.2 Å². The first-order valence-electron chi connectivity index (χ1n) is 10.8. The second-order valence-corrected chi connectivity index (χ2v) is 8.08. The van der Waals surface area contributed by atoms with E-state index in [0.717, 1.165) is 17.7 Å². The normalized spacial score (nSPS) is 11.1. The summed E-state index contributed by atoms with van der Waals surface area (Å²) in [7, 11) is 1.59. The first kappa shape index (κ1) is 23.5. The predicted molar refractivity (Wildman–Crippen MR) is 123 cm³/mol. The first-order valence-corrected chi connectivity index (χ1v) is 10.8. The quantitative estimate of drug-likeness (QED) is 0.279. The van der Waals surface area contributed by atoms with Gasteiger partial charge in [0.2, 0.25) is 0 Å². The van der Waals surface area contributed by atoms with Crippen LogP contribution in [0.5, 0.6) is 0 Å². The Balaban J connectivity index is 1.57. The molecule has 6 heteroatoms. The lowest BCUT2D eigenvalue weighted by molar-refractivity contribution is 0.202. The van der Waals surface area contributed by atoms with Crippen LogP contribution in [0.2, 0.25) is 0 Å². The molecule has 0 saturated heterocycles. The molecule has 0 spiro atoms. The van der Waals surface area contributed by atoms with Crippen LogP contribution in [0.4, 0.5) is 17.6 Å². The van der Waals surface area contributed by atoms with Gasteiger partial charge in [-0.25, -0.2) is 17.6 Å². The van der Waals surface area contributed by atoms with Gasteiger partial charge in [0.05, 0.1) is 6.61 Å². The van der Waals surface area contributed by atoms with Gasteiger partial charge in [0.25, 0.3) is 0 Å². The van der Waals surface area contributed by atoms with Crippen molar-refractivity contribution in [3.8, 4) is 17.2 Å². The van der Waals surface area contributed by atoms with Crippen molar-refractivity contribution < 1.29 is 22.3 Å². The number of benzene rings is 4. The maximum Gasteiger partial charge on any atom is 0.144 e. The van der Waals surface area contributed by atoms with Crippen LogP contribution in [0.25, 0.3) is 21.9 Å². The van der Waals surface area contributed by atoms with Crippen LogP contribution in [-0.4, -0.2) is 13.7 Å². The molecule has 0 aliphatic heterocycles. The molecule has 4 aromatic rings. The van der Waals surface area contributed by atoms with Crippen molar-refractivity contribution >= 4 is 10.8 Å². The van der Waals surface area contributed by atoms with Gasteiger partial charge in [0, 0.05) is 18.1 Å². The lowest BCUT2D eigenvalue weighted by Crippen LogP contribution is -1.99. The van der Waals surface area contributed by atoms with E-state index in [-0.39, 0.29) is 18.7 Å². The zero-order valence-electron chi connectivity index (χ0n) is 18.5. The Morgan fingerprint density at radius 2 is 1.50 bits per heavy atom. The molecule has 34 heavy (non-hydrogen) atoms. The number of fused-ring (bicyclic) bond motifs is 1. The third-order valence-electron chi connectivity index (χ3n) is 5.87. The summed E-state index contributed by atoms with van der Waals surface area (Å²) >= 11 is 0. The summed E-state index contributed by atoms with van der Waals surface area (Å²) in [4.78, 5) is 0. The van der Waals surface area contributed by atoms with Gasteiger partial charge in [-0.2, -0.15) is 5.26 Å². The Kier molecular flexibility index (Phi) is 6.95. The van der Waals surface area contributed by atoms with E-state index in [9.17, 15) is 13.2 Å². The predicted octanol–water partition coefficient (Wildman–Crippen LogP) is 6.91. The van der Waals surface area contributed by atoms with E-state index in [2.05, 4.69) is 0 Å². The van der Waals surface area contributed by atoms with E-state index in [1.807, 2.05) is 6.07 Å². The van der Waals surface area contributed by atoms with E-state index < -0.39 is 23.0 Å². The fraction of sp³-hybridized carbons (Fsp3) is 0.179. The zero-order valence-corrected chi connectivity index (χ0v) is 18.5. The molecule has 0 aromatic heterocycles. The molecular formula is C28H21F4NO. The largest absolute Gasteiger partial charge is 0.384 e. The average Bonchev–Trinajstić information content (AvgIpc) is 2.82. The Bertz CT molecular complexity index is 1380. The van der Waals surface area contributed by atoms with Crippen molar-refractivity contribution in [2.75, 3.05) is 13.7 Å². The molecule has 0 saturated carbocycles. The van der Waals surface area contributed by atoms with Gasteiger partial charge < -0.3 is 4.74 Å². The first-order chi connectivity index (χ1) is 16.4. The molecule has 0 aliphatic rings. The average molecular weight is 463 g/mol. The summed E-state index contributed by atoms with van der Waals surface area (Å²) in [5.74, 6) is -2.63. The molecule has 0 amide bonds. The molecule has 172 valence electrons. The molecule has 0 atom stereocenters.